The molecule has 2 N–H and O–H groups in total. The van der Waals surface area contributed by atoms with E-state index in [-0.39, 0.29) is 5.41 Å². The first-order chi connectivity index (χ1) is 6.19. The van der Waals surface area contributed by atoms with Gasteiger partial charge in [0.1, 0.15) is 12.2 Å². The summed E-state index contributed by atoms with van der Waals surface area (Å²) in [6.07, 6.45) is 3.95. The van der Waals surface area contributed by atoms with Crippen molar-refractivity contribution in [3.63, 3.8) is 0 Å². The molecule has 0 amide bonds. The van der Waals surface area contributed by atoms with Crippen LogP contribution in [0.2, 0.25) is 0 Å². The second-order valence-corrected chi connectivity index (χ2v) is 4.11. The molecule has 0 spiro atoms. The molecular formula is C9H16N4. The summed E-state index contributed by atoms with van der Waals surface area (Å²) in [5.41, 5.74) is 5.90. The number of nitrogens with zero attached hydrogens (tertiary/aromatic N) is 3. The summed E-state index contributed by atoms with van der Waals surface area (Å²) in [7, 11) is 0. The Balaban J connectivity index is 2.35. The average molecular weight is 180 g/mol. The molecule has 4 heteroatoms. The van der Waals surface area contributed by atoms with Crippen molar-refractivity contribution >= 4 is 0 Å². The zero-order chi connectivity index (χ0) is 9.47. The Hall–Kier alpha value is -0.900. The zero-order valence-electron chi connectivity index (χ0n) is 8.20. The van der Waals surface area contributed by atoms with E-state index in [0.29, 0.717) is 12.6 Å². The van der Waals surface area contributed by atoms with Gasteiger partial charge in [-0.2, -0.15) is 5.10 Å². The van der Waals surface area contributed by atoms with Gasteiger partial charge >= 0.3 is 0 Å². The minimum absolute atomic E-state index is 0.154. The Morgan fingerprint density at radius 1 is 1.62 bits per heavy atom. The van der Waals surface area contributed by atoms with E-state index < -0.39 is 0 Å². The highest BCUT2D eigenvalue weighted by Gasteiger charge is 2.47. The van der Waals surface area contributed by atoms with Gasteiger partial charge in [0.15, 0.2) is 0 Å². The molecule has 1 fully saturated rings. The molecule has 0 bridgehead atoms. The first-order valence-corrected chi connectivity index (χ1v) is 4.80. The Morgan fingerprint density at radius 2 is 2.31 bits per heavy atom. The van der Waals surface area contributed by atoms with E-state index in [2.05, 4.69) is 23.9 Å². The van der Waals surface area contributed by atoms with Crippen LogP contribution in [0.15, 0.2) is 6.33 Å². The van der Waals surface area contributed by atoms with E-state index in [1.807, 2.05) is 4.68 Å². The van der Waals surface area contributed by atoms with E-state index in [0.717, 1.165) is 18.7 Å². The fourth-order valence-electron chi connectivity index (χ4n) is 1.68. The van der Waals surface area contributed by atoms with Crippen LogP contribution in [-0.4, -0.2) is 21.3 Å². The van der Waals surface area contributed by atoms with Crippen molar-refractivity contribution in [1.82, 2.24) is 14.8 Å². The second kappa shape index (κ2) is 2.80. The second-order valence-electron chi connectivity index (χ2n) is 4.11. The Morgan fingerprint density at radius 3 is 2.77 bits per heavy atom. The molecule has 0 atom stereocenters. The van der Waals surface area contributed by atoms with Gasteiger partial charge in [-0.3, -0.25) is 0 Å². The minimum atomic E-state index is 0.154. The zero-order valence-corrected chi connectivity index (χ0v) is 8.20. The van der Waals surface area contributed by atoms with Gasteiger partial charge in [-0.25, -0.2) is 9.67 Å². The van der Waals surface area contributed by atoms with Gasteiger partial charge < -0.3 is 5.73 Å². The summed E-state index contributed by atoms with van der Waals surface area (Å²) in [5.74, 6) is 1.07. The van der Waals surface area contributed by atoms with Gasteiger partial charge in [-0.1, -0.05) is 0 Å². The minimum Gasteiger partial charge on any atom is -0.329 e. The number of hydrogen-bond acceptors (Lipinski definition) is 3. The molecule has 0 unspecified atom stereocenters. The van der Waals surface area contributed by atoms with Gasteiger partial charge in [0, 0.05) is 18.0 Å². The lowest BCUT2D eigenvalue weighted by Crippen LogP contribution is -2.25. The lowest BCUT2D eigenvalue weighted by molar-refractivity contribution is 0.472. The van der Waals surface area contributed by atoms with Crippen LogP contribution in [-0.2, 0) is 5.41 Å². The van der Waals surface area contributed by atoms with Crippen LogP contribution in [0.4, 0.5) is 0 Å². The fourth-order valence-corrected chi connectivity index (χ4v) is 1.68. The molecule has 0 aromatic carbocycles. The van der Waals surface area contributed by atoms with Crippen molar-refractivity contribution < 1.29 is 0 Å². The largest absolute Gasteiger partial charge is 0.329 e. The van der Waals surface area contributed by atoms with Gasteiger partial charge in [-0.05, 0) is 26.7 Å². The van der Waals surface area contributed by atoms with Crippen molar-refractivity contribution in [2.24, 2.45) is 5.73 Å². The molecule has 0 saturated heterocycles. The summed E-state index contributed by atoms with van der Waals surface area (Å²) < 4.78 is 1.99. The van der Waals surface area contributed by atoms with Crippen LogP contribution < -0.4 is 5.73 Å². The molecule has 72 valence electrons. The van der Waals surface area contributed by atoms with Crippen LogP contribution in [0.25, 0.3) is 0 Å². The van der Waals surface area contributed by atoms with Gasteiger partial charge in [0.25, 0.3) is 0 Å². The Kier molecular flexibility index (Phi) is 1.87. The molecule has 1 aromatic rings. The third-order valence-electron chi connectivity index (χ3n) is 2.78. The van der Waals surface area contributed by atoms with E-state index in [1.165, 1.54) is 0 Å². The number of rotatable bonds is 3. The Bertz CT molecular complexity index is 298. The van der Waals surface area contributed by atoms with Gasteiger partial charge in [0.05, 0.1) is 0 Å². The highest BCUT2D eigenvalue weighted by Crippen LogP contribution is 2.46. The van der Waals surface area contributed by atoms with Crippen molar-refractivity contribution in [3.05, 3.63) is 12.2 Å². The predicted octanol–water partition coefficient (Wildman–Crippen LogP) is 0.849. The first-order valence-electron chi connectivity index (χ1n) is 4.80. The van der Waals surface area contributed by atoms with E-state index >= 15 is 0 Å². The number of nitrogens with two attached hydrogens (primary N) is 1. The van der Waals surface area contributed by atoms with E-state index in [9.17, 15) is 0 Å². The normalized spacial score (nSPS) is 19.4. The summed E-state index contributed by atoms with van der Waals surface area (Å²) >= 11 is 0. The Labute approximate surface area is 78.1 Å². The molecular weight excluding hydrogens is 164 g/mol. The molecule has 4 nitrogen and oxygen atoms in total. The summed E-state index contributed by atoms with van der Waals surface area (Å²) in [5, 5.41) is 4.22. The summed E-state index contributed by atoms with van der Waals surface area (Å²) in [6.45, 7) is 4.92. The third-order valence-corrected chi connectivity index (χ3v) is 2.78. The highest BCUT2D eigenvalue weighted by atomic mass is 15.4. The highest BCUT2D eigenvalue weighted by molar-refractivity contribution is 5.18. The average Bonchev–Trinajstić information content (AvgIpc) is 2.74. The molecule has 0 aliphatic heterocycles. The van der Waals surface area contributed by atoms with Gasteiger partial charge in [0.2, 0.25) is 0 Å². The maximum Gasteiger partial charge on any atom is 0.138 e. The van der Waals surface area contributed by atoms with Crippen LogP contribution in [0.5, 0.6) is 0 Å². The van der Waals surface area contributed by atoms with Crippen LogP contribution in [0.3, 0.4) is 0 Å². The third kappa shape index (κ3) is 1.25. The monoisotopic (exact) mass is 180 g/mol. The molecule has 0 radical (unpaired) electrons. The van der Waals surface area contributed by atoms with Crippen molar-refractivity contribution in [2.75, 3.05) is 6.54 Å². The molecule has 2 rings (SSSR count). The van der Waals surface area contributed by atoms with Crippen LogP contribution in [0.1, 0.15) is 38.6 Å². The summed E-state index contributed by atoms with van der Waals surface area (Å²) in [4.78, 5) is 4.31. The molecule has 1 saturated carbocycles. The van der Waals surface area contributed by atoms with Crippen LogP contribution in [0, 0.1) is 0 Å². The van der Waals surface area contributed by atoms with Crippen molar-refractivity contribution in [1.29, 1.82) is 0 Å². The van der Waals surface area contributed by atoms with Crippen molar-refractivity contribution in [2.45, 2.75) is 38.1 Å². The lowest BCUT2D eigenvalue weighted by atomic mass is 10.1. The lowest BCUT2D eigenvalue weighted by Gasteiger charge is -2.15. The van der Waals surface area contributed by atoms with E-state index in [4.69, 9.17) is 5.73 Å². The topological polar surface area (TPSA) is 56.7 Å². The first kappa shape index (κ1) is 8.69. The van der Waals surface area contributed by atoms with Crippen LogP contribution >= 0.6 is 0 Å². The SMILES string of the molecule is CC(C)n1ncnc1C1(CN)CC1. The fraction of sp³-hybridized carbons (Fsp3) is 0.778. The molecule has 13 heavy (non-hydrogen) atoms. The molecule has 1 heterocycles. The number of aromatic nitrogens is 3. The molecule has 1 aromatic heterocycles. The quantitative estimate of drug-likeness (QED) is 0.750. The molecule has 1 aliphatic rings. The number of hydrogen-bond donors (Lipinski definition) is 1. The maximum absolute atomic E-state index is 5.75. The van der Waals surface area contributed by atoms with E-state index in [1.54, 1.807) is 6.33 Å². The standard InChI is InChI=1S/C9H16N4/c1-7(2)13-8(11-6-12-13)9(5-10)3-4-9/h6-7H,3-5,10H2,1-2H3. The predicted molar refractivity (Wildman–Crippen MR) is 50.4 cm³/mol. The smallest absolute Gasteiger partial charge is 0.138 e. The van der Waals surface area contributed by atoms with Crippen molar-refractivity contribution in [3.8, 4) is 0 Å². The molecule has 1 aliphatic carbocycles. The summed E-state index contributed by atoms with van der Waals surface area (Å²) in [6, 6.07) is 0.376. The van der Waals surface area contributed by atoms with Gasteiger partial charge in [-0.15, -0.1) is 0 Å². The maximum atomic E-state index is 5.75.